The van der Waals surface area contributed by atoms with Crippen molar-refractivity contribution in [1.82, 2.24) is 9.88 Å². The number of hydrogen-bond acceptors (Lipinski definition) is 3. The number of carbonyl (C=O) groups excluding carboxylic acids is 1. The largest absolute Gasteiger partial charge is 0.420 e. The Balaban J connectivity index is 2.19. The van der Waals surface area contributed by atoms with E-state index in [9.17, 15) is 9.59 Å². The second kappa shape index (κ2) is 5.63. The molecule has 0 aliphatic heterocycles. The van der Waals surface area contributed by atoms with Gasteiger partial charge in [0, 0.05) is 6.04 Å². The first-order valence-electron chi connectivity index (χ1n) is 7.03. The monoisotopic (exact) mass is 266 g/mol. The molecule has 1 aromatic rings. The molecule has 1 saturated carbocycles. The van der Waals surface area contributed by atoms with Crippen LogP contribution in [0.1, 0.15) is 56.5 Å². The van der Waals surface area contributed by atoms with Crippen LogP contribution in [0.4, 0.5) is 0 Å². The maximum Gasteiger partial charge on any atom is 0.420 e. The number of rotatable bonds is 4. The molecule has 2 rings (SSSR count). The maximum absolute atomic E-state index is 12.3. The van der Waals surface area contributed by atoms with Crippen molar-refractivity contribution in [3.63, 3.8) is 0 Å². The lowest BCUT2D eigenvalue weighted by Crippen LogP contribution is -2.40. The van der Waals surface area contributed by atoms with Crippen LogP contribution in [0.3, 0.4) is 0 Å². The van der Waals surface area contributed by atoms with Crippen molar-refractivity contribution >= 4 is 5.91 Å². The highest BCUT2D eigenvalue weighted by molar-refractivity contribution is 5.80. The van der Waals surface area contributed by atoms with E-state index in [4.69, 9.17) is 4.42 Å². The standard InChI is InChI=1S/C14H22N2O3/c1-4-12(13(17)15-11-7-5-6-8-11)16-9(2)10(3)19-14(16)18/h11-12H,4-8H2,1-3H3,(H,15,17)/t12-/m0/s1. The molecule has 106 valence electrons. The number of amides is 1. The Morgan fingerprint density at radius 1 is 1.42 bits per heavy atom. The molecular formula is C14H22N2O3. The van der Waals surface area contributed by atoms with Crippen LogP contribution < -0.4 is 11.1 Å². The van der Waals surface area contributed by atoms with Gasteiger partial charge in [0.25, 0.3) is 0 Å². The first-order valence-corrected chi connectivity index (χ1v) is 7.03. The molecule has 0 saturated heterocycles. The van der Waals surface area contributed by atoms with Gasteiger partial charge >= 0.3 is 5.76 Å². The molecule has 0 radical (unpaired) electrons. The van der Waals surface area contributed by atoms with Gasteiger partial charge in [0.15, 0.2) is 0 Å². The van der Waals surface area contributed by atoms with Gasteiger partial charge in [-0.1, -0.05) is 19.8 Å². The van der Waals surface area contributed by atoms with Crippen LogP contribution in [0.25, 0.3) is 0 Å². The predicted molar refractivity (Wildman–Crippen MR) is 72.2 cm³/mol. The summed E-state index contributed by atoms with van der Waals surface area (Å²) >= 11 is 0. The molecule has 1 heterocycles. The van der Waals surface area contributed by atoms with E-state index < -0.39 is 11.8 Å². The van der Waals surface area contributed by atoms with Crippen LogP contribution in [-0.4, -0.2) is 16.5 Å². The van der Waals surface area contributed by atoms with E-state index in [1.807, 2.05) is 13.8 Å². The van der Waals surface area contributed by atoms with Crippen molar-refractivity contribution in [3.8, 4) is 0 Å². The number of nitrogens with one attached hydrogen (secondary N) is 1. The summed E-state index contributed by atoms with van der Waals surface area (Å²) in [5, 5.41) is 3.05. The van der Waals surface area contributed by atoms with Gasteiger partial charge in [-0.05, 0) is 33.1 Å². The Morgan fingerprint density at radius 2 is 2.05 bits per heavy atom. The van der Waals surface area contributed by atoms with Crippen molar-refractivity contribution in [2.45, 2.75) is 65.0 Å². The minimum atomic E-state index is -0.467. The third-order valence-electron chi connectivity index (χ3n) is 4.01. The molecular weight excluding hydrogens is 244 g/mol. The molecule has 5 heteroatoms. The molecule has 1 aromatic heterocycles. The summed E-state index contributed by atoms with van der Waals surface area (Å²) < 4.78 is 6.55. The summed E-state index contributed by atoms with van der Waals surface area (Å²) in [6.07, 6.45) is 5.01. The molecule has 0 spiro atoms. The van der Waals surface area contributed by atoms with Gasteiger partial charge in [-0.3, -0.25) is 9.36 Å². The molecule has 0 bridgehead atoms. The zero-order valence-corrected chi connectivity index (χ0v) is 11.9. The summed E-state index contributed by atoms with van der Waals surface area (Å²) in [5.74, 6) is 0.0703. The fraction of sp³-hybridized carbons (Fsp3) is 0.714. The highest BCUT2D eigenvalue weighted by Crippen LogP contribution is 2.20. The Hall–Kier alpha value is -1.52. The smallest absolute Gasteiger partial charge is 0.413 e. The highest BCUT2D eigenvalue weighted by Gasteiger charge is 2.27. The fourth-order valence-electron chi connectivity index (χ4n) is 2.77. The number of hydrogen-bond donors (Lipinski definition) is 1. The van der Waals surface area contributed by atoms with Gasteiger partial charge in [0.1, 0.15) is 11.8 Å². The van der Waals surface area contributed by atoms with E-state index in [0.29, 0.717) is 12.2 Å². The lowest BCUT2D eigenvalue weighted by atomic mass is 10.1. The first kappa shape index (κ1) is 13.9. The van der Waals surface area contributed by atoms with E-state index in [0.717, 1.165) is 18.5 Å². The van der Waals surface area contributed by atoms with Crippen LogP contribution in [0.15, 0.2) is 9.21 Å². The molecule has 1 aliphatic rings. The third-order valence-corrected chi connectivity index (χ3v) is 4.01. The first-order chi connectivity index (χ1) is 9.04. The van der Waals surface area contributed by atoms with Gasteiger partial charge in [0.2, 0.25) is 5.91 Å². The lowest BCUT2D eigenvalue weighted by molar-refractivity contribution is -0.125. The van der Waals surface area contributed by atoms with Crippen molar-refractivity contribution in [3.05, 3.63) is 22.0 Å². The van der Waals surface area contributed by atoms with Crippen LogP contribution in [0.2, 0.25) is 0 Å². The highest BCUT2D eigenvalue weighted by atomic mass is 16.4. The molecule has 1 atom stereocenters. The molecule has 0 aromatic carbocycles. The summed E-state index contributed by atoms with van der Waals surface area (Å²) in [4.78, 5) is 24.2. The van der Waals surface area contributed by atoms with E-state index >= 15 is 0 Å². The minimum Gasteiger partial charge on any atom is -0.413 e. The van der Waals surface area contributed by atoms with Crippen molar-refractivity contribution in [2.24, 2.45) is 0 Å². The fourth-order valence-corrected chi connectivity index (χ4v) is 2.77. The molecule has 1 amide bonds. The Labute approximate surface area is 113 Å². The van der Waals surface area contributed by atoms with Crippen molar-refractivity contribution in [1.29, 1.82) is 0 Å². The zero-order valence-electron chi connectivity index (χ0n) is 11.9. The molecule has 19 heavy (non-hydrogen) atoms. The van der Waals surface area contributed by atoms with Crippen LogP contribution in [0, 0.1) is 13.8 Å². The Kier molecular flexibility index (Phi) is 4.12. The van der Waals surface area contributed by atoms with Gasteiger partial charge < -0.3 is 9.73 Å². The maximum atomic E-state index is 12.3. The van der Waals surface area contributed by atoms with Crippen molar-refractivity contribution < 1.29 is 9.21 Å². The molecule has 1 aliphatic carbocycles. The van der Waals surface area contributed by atoms with Crippen LogP contribution >= 0.6 is 0 Å². The average molecular weight is 266 g/mol. The predicted octanol–water partition coefficient (Wildman–Crippen LogP) is 2.07. The van der Waals surface area contributed by atoms with Gasteiger partial charge in [-0.2, -0.15) is 0 Å². The summed E-state index contributed by atoms with van der Waals surface area (Å²) in [5.41, 5.74) is 0.735. The normalized spacial score (nSPS) is 17.6. The van der Waals surface area contributed by atoms with E-state index in [2.05, 4.69) is 5.32 Å². The number of carbonyl (C=O) groups is 1. The number of aryl methyl sites for hydroxylation is 1. The minimum absolute atomic E-state index is 0.0691. The Morgan fingerprint density at radius 3 is 2.53 bits per heavy atom. The lowest BCUT2D eigenvalue weighted by Gasteiger charge is -2.19. The summed E-state index contributed by atoms with van der Waals surface area (Å²) in [6, 6.07) is -0.198. The molecule has 5 nitrogen and oxygen atoms in total. The molecule has 1 fully saturated rings. The van der Waals surface area contributed by atoms with Gasteiger partial charge in [-0.25, -0.2) is 4.79 Å². The molecule has 1 N–H and O–H groups in total. The Bertz CT molecular complexity index is 509. The number of aromatic nitrogens is 1. The third kappa shape index (κ3) is 2.74. The summed E-state index contributed by atoms with van der Waals surface area (Å²) in [6.45, 7) is 5.47. The van der Waals surface area contributed by atoms with Gasteiger partial charge in [-0.15, -0.1) is 0 Å². The van der Waals surface area contributed by atoms with E-state index in [1.54, 1.807) is 6.92 Å². The SMILES string of the molecule is CC[C@@H](C(=O)NC1CCCC1)n1c(C)c(C)oc1=O. The topological polar surface area (TPSA) is 64.2 Å². The zero-order chi connectivity index (χ0) is 14.0. The van der Waals surface area contributed by atoms with Crippen LogP contribution in [0.5, 0.6) is 0 Å². The van der Waals surface area contributed by atoms with Gasteiger partial charge in [0.05, 0.1) is 5.69 Å². The van der Waals surface area contributed by atoms with Crippen molar-refractivity contribution in [2.75, 3.05) is 0 Å². The second-order valence-electron chi connectivity index (χ2n) is 5.29. The quantitative estimate of drug-likeness (QED) is 0.907. The number of nitrogens with zero attached hydrogens (tertiary/aromatic N) is 1. The average Bonchev–Trinajstić information content (AvgIpc) is 2.94. The second-order valence-corrected chi connectivity index (χ2v) is 5.29. The van der Waals surface area contributed by atoms with Crippen LogP contribution in [-0.2, 0) is 4.79 Å². The van der Waals surface area contributed by atoms with E-state index in [1.165, 1.54) is 17.4 Å². The number of oxazole rings is 1. The summed E-state index contributed by atoms with van der Waals surface area (Å²) in [7, 11) is 0. The molecule has 0 unspecified atom stereocenters. The van der Waals surface area contributed by atoms with E-state index in [-0.39, 0.29) is 11.9 Å².